The maximum atomic E-state index is 13.2. The number of aromatic nitrogens is 1. The van der Waals surface area contributed by atoms with E-state index >= 15 is 0 Å². The van der Waals surface area contributed by atoms with Crippen LogP contribution < -0.4 is 4.72 Å². The first kappa shape index (κ1) is 17.0. The standard InChI is InChI=1S/C16H12ClFN2O2S2/c17-14-8-13(3-4-15(14)18)24(21,22)20-9-11-2-1-6-19-16(11)12-5-7-23-10-12/h1-8,10,20H,9H2. The molecule has 0 atom stereocenters. The molecule has 0 radical (unpaired) electrons. The van der Waals surface area contributed by atoms with Gasteiger partial charge in [-0.1, -0.05) is 17.7 Å². The highest BCUT2D eigenvalue weighted by Crippen LogP contribution is 2.24. The van der Waals surface area contributed by atoms with E-state index in [0.29, 0.717) is 0 Å². The van der Waals surface area contributed by atoms with Gasteiger partial charge in [0.1, 0.15) is 5.82 Å². The van der Waals surface area contributed by atoms with Crippen LogP contribution in [0.2, 0.25) is 5.02 Å². The molecule has 0 amide bonds. The Morgan fingerprint density at radius 2 is 2.08 bits per heavy atom. The fourth-order valence-corrected chi connectivity index (χ4v) is 4.06. The lowest BCUT2D eigenvalue weighted by molar-refractivity contribution is 0.580. The first-order valence-electron chi connectivity index (χ1n) is 6.88. The SMILES string of the molecule is O=S(=O)(NCc1cccnc1-c1ccsc1)c1ccc(F)c(Cl)c1. The van der Waals surface area contributed by atoms with Crippen LogP contribution in [0.3, 0.4) is 0 Å². The third kappa shape index (κ3) is 3.64. The molecule has 3 aromatic rings. The van der Waals surface area contributed by atoms with Crippen molar-refractivity contribution >= 4 is 33.0 Å². The summed E-state index contributed by atoms with van der Waals surface area (Å²) < 4.78 is 40.4. The lowest BCUT2D eigenvalue weighted by Crippen LogP contribution is -2.23. The van der Waals surface area contributed by atoms with Gasteiger partial charge in [0.15, 0.2) is 0 Å². The minimum absolute atomic E-state index is 0.0658. The molecule has 0 spiro atoms. The van der Waals surface area contributed by atoms with Crippen molar-refractivity contribution in [1.82, 2.24) is 9.71 Å². The van der Waals surface area contributed by atoms with Crippen LogP contribution >= 0.6 is 22.9 Å². The molecule has 0 fully saturated rings. The molecule has 8 heteroatoms. The Labute approximate surface area is 148 Å². The van der Waals surface area contributed by atoms with Crippen LogP contribution in [0.4, 0.5) is 4.39 Å². The van der Waals surface area contributed by atoms with Crippen molar-refractivity contribution < 1.29 is 12.8 Å². The summed E-state index contributed by atoms with van der Waals surface area (Å²) in [6.07, 6.45) is 1.66. The van der Waals surface area contributed by atoms with E-state index in [1.165, 1.54) is 17.4 Å². The molecule has 0 aliphatic heterocycles. The van der Waals surface area contributed by atoms with Gasteiger partial charge < -0.3 is 0 Å². The largest absolute Gasteiger partial charge is 0.256 e. The molecule has 0 aliphatic carbocycles. The number of benzene rings is 1. The maximum absolute atomic E-state index is 13.2. The van der Waals surface area contributed by atoms with Gasteiger partial charge in [-0.2, -0.15) is 11.3 Å². The van der Waals surface area contributed by atoms with Gasteiger partial charge in [-0.05, 0) is 41.3 Å². The van der Waals surface area contributed by atoms with Gasteiger partial charge in [0.25, 0.3) is 0 Å². The zero-order chi connectivity index (χ0) is 17.2. The van der Waals surface area contributed by atoms with Crippen LogP contribution in [-0.2, 0) is 16.6 Å². The second-order valence-corrected chi connectivity index (χ2v) is 7.88. The minimum atomic E-state index is -3.81. The minimum Gasteiger partial charge on any atom is -0.256 e. The van der Waals surface area contributed by atoms with Crippen LogP contribution in [0.15, 0.2) is 58.3 Å². The van der Waals surface area contributed by atoms with E-state index in [2.05, 4.69) is 9.71 Å². The molecular formula is C16H12ClFN2O2S2. The second-order valence-electron chi connectivity index (χ2n) is 4.92. The second kappa shape index (κ2) is 6.98. The van der Waals surface area contributed by atoms with Gasteiger partial charge in [0.05, 0.1) is 15.6 Å². The van der Waals surface area contributed by atoms with E-state index < -0.39 is 15.8 Å². The van der Waals surface area contributed by atoms with E-state index in [-0.39, 0.29) is 16.5 Å². The molecule has 0 unspecified atom stereocenters. The van der Waals surface area contributed by atoms with Crippen molar-refractivity contribution in [2.75, 3.05) is 0 Å². The molecule has 0 bridgehead atoms. The molecule has 24 heavy (non-hydrogen) atoms. The predicted molar refractivity (Wildman–Crippen MR) is 93.0 cm³/mol. The zero-order valence-corrected chi connectivity index (χ0v) is 14.6. The van der Waals surface area contributed by atoms with Crippen LogP contribution in [0, 0.1) is 5.82 Å². The Balaban J connectivity index is 1.84. The maximum Gasteiger partial charge on any atom is 0.240 e. The smallest absolute Gasteiger partial charge is 0.240 e. The summed E-state index contributed by atoms with van der Waals surface area (Å²) >= 11 is 7.19. The van der Waals surface area contributed by atoms with Crippen molar-refractivity contribution in [2.24, 2.45) is 0 Å². The topological polar surface area (TPSA) is 59.1 Å². The monoisotopic (exact) mass is 382 g/mol. The Hall–Kier alpha value is -1.80. The Morgan fingerprint density at radius 3 is 2.79 bits per heavy atom. The number of pyridine rings is 1. The fraction of sp³-hybridized carbons (Fsp3) is 0.0625. The van der Waals surface area contributed by atoms with E-state index in [4.69, 9.17) is 11.6 Å². The van der Waals surface area contributed by atoms with Crippen LogP contribution in [0.25, 0.3) is 11.3 Å². The number of nitrogens with zero attached hydrogens (tertiary/aromatic N) is 1. The third-order valence-corrected chi connectivity index (χ3v) is 5.71. The summed E-state index contributed by atoms with van der Waals surface area (Å²) in [5, 5.41) is 3.64. The number of hydrogen-bond donors (Lipinski definition) is 1. The predicted octanol–water partition coefficient (Wildman–Crippen LogP) is 4.08. The van der Waals surface area contributed by atoms with Gasteiger partial charge in [0, 0.05) is 23.7 Å². The van der Waals surface area contributed by atoms with Crippen molar-refractivity contribution in [3.05, 3.63) is 69.8 Å². The van der Waals surface area contributed by atoms with Crippen molar-refractivity contribution in [3.63, 3.8) is 0 Å². The number of rotatable bonds is 5. The molecule has 0 aliphatic rings. The van der Waals surface area contributed by atoms with Crippen molar-refractivity contribution in [3.8, 4) is 11.3 Å². The molecule has 124 valence electrons. The third-order valence-electron chi connectivity index (χ3n) is 3.34. The van der Waals surface area contributed by atoms with E-state index in [0.717, 1.165) is 29.0 Å². The number of thiophene rings is 1. The number of halogens is 2. The van der Waals surface area contributed by atoms with Gasteiger partial charge >= 0.3 is 0 Å². The van der Waals surface area contributed by atoms with Crippen molar-refractivity contribution in [1.29, 1.82) is 0 Å². The van der Waals surface area contributed by atoms with E-state index in [1.54, 1.807) is 18.3 Å². The lowest BCUT2D eigenvalue weighted by Gasteiger charge is -2.10. The van der Waals surface area contributed by atoms with E-state index in [9.17, 15) is 12.8 Å². The molecule has 4 nitrogen and oxygen atoms in total. The van der Waals surface area contributed by atoms with Crippen LogP contribution in [0.5, 0.6) is 0 Å². The molecule has 3 rings (SSSR count). The fourth-order valence-electron chi connectivity index (χ4n) is 2.14. The average Bonchev–Trinajstić information content (AvgIpc) is 3.10. The Bertz CT molecular complexity index is 960. The summed E-state index contributed by atoms with van der Waals surface area (Å²) in [5.41, 5.74) is 2.39. The number of sulfonamides is 1. The normalized spacial score (nSPS) is 11.6. The average molecular weight is 383 g/mol. The van der Waals surface area contributed by atoms with Crippen LogP contribution in [0.1, 0.15) is 5.56 Å². The highest BCUT2D eigenvalue weighted by Gasteiger charge is 2.17. The van der Waals surface area contributed by atoms with Crippen LogP contribution in [-0.4, -0.2) is 13.4 Å². The molecule has 1 N–H and O–H groups in total. The van der Waals surface area contributed by atoms with Gasteiger partial charge in [0.2, 0.25) is 10.0 Å². The first-order chi connectivity index (χ1) is 11.5. The molecule has 0 saturated carbocycles. The molecular weight excluding hydrogens is 371 g/mol. The summed E-state index contributed by atoms with van der Waals surface area (Å²) in [6.45, 7) is 0.0658. The zero-order valence-electron chi connectivity index (χ0n) is 12.2. The Kier molecular flexibility index (Phi) is 4.96. The number of hydrogen-bond acceptors (Lipinski definition) is 4. The molecule has 0 saturated heterocycles. The van der Waals surface area contributed by atoms with Crippen molar-refractivity contribution in [2.45, 2.75) is 11.4 Å². The summed E-state index contributed by atoms with van der Waals surface area (Å²) in [5.74, 6) is -0.664. The van der Waals surface area contributed by atoms with Gasteiger partial charge in [-0.3, -0.25) is 4.98 Å². The van der Waals surface area contributed by atoms with E-state index in [1.807, 2.05) is 16.8 Å². The van der Waals surface area contributed by atoms with Gasteiger partial charge in [-0.15, -0.1) is 0 Å². The Morgan fingerprint density at radius 1 is 1.25 bits per heavy atom. The quantitative estimate of drug-likeness (QED) is 0.723. The first-order valence-corrected chi connectivity index (χ1v) is 9.69. The summed E-state index contributed by atoms with van der Waals surface area (Å²) in [7, 11) is -3.81. The molecule has 2 heterocycles. The molecule has 2 aromatic heterocycles. The van der Waals surface area contributed by atoms with Gasteiger partial charge in [-0.25, -0.2) is 17.5 Å². The lowest BCUT2D eigenvalue weighted by atomic mass is 10.1. The summed E-state index contributed by atoms with van der Waals surface area (Å²) in [6, 6.07) is 8.76. The summed E-state index contributed by atoms with van der Waals surface area (Å²) in [4.78, 5) is 4.23. The highest BCUT2D eigenvalue weighted by atomic mass is 35.5. The molecule has 1 aromatic carbocycles. The number of nitrogens with one attached hydrogen (secondary N) is 1. The highest BCUT2D eigenvalue weighted by molar-refractivity contribution is 7.89.